The van der Waals surface area contributed by atoms with Crippen molar-refractivity contribution < 1.29 is 19.1 Å². The fourth-order valence-electron chi connectivity index (χ4n) is 3.55. The van der Waals surface area contributed by atoms with Crippen molar-refractivity contribution in [2.45, 2.75) is 45.0 Å². The van der Waals surface area contributed by atoms with E-state index >= 15 is 0 Å². The monoisotopic (exact) mass is 460 g/mol. The van der Waals surface area contributed by atoms with E-state index in [4.69, 9.17) is 15.2 Å². The summed E-state index contributed by atoms with van der Waals surface area (Å²) in [5.74, 6) is -0.334. The molecule has 3 N–H and O–H groups in total. The van der Waals surface area contributed by atoms with Crippen molar-refractivity contribution in [2.24, 2.45) is 5.73 Å². The Bertz CT molecular complexity index is 1010. The van der Waals surface area contributed by atoms with Crippen molar-refractivity contribution in [1.29, 1.82) is 0 Å². The van der Waals surface area contributed by atoms with Crippen LogP contribution in [0.4, 0.5) is 4.79 Å². The van der Waals surface area contributed by atoms with Crippen LogP contribution in [-0.2, 0) is 33.9 Å². The van der Waals surface area contributed by atoms with Crippen molar-refractivity contribution in [3.05, 3.63) is 107 Å². The number of rotatable bonds is 13. The van der Waals surface area contributed by atoms with Gasteiger partial charge in [0.25, 0.3) is 0 Å². The minimum atomic E-state index is -0.410. The highest BCUT2D eigenvalue weighted by atomic mass is 16.5. The SMILES string of the molecule is NC(=O)CCC(OCc1ccccc1)c1ccc(CCCNC(=O)OCc2ccccc2)cc1. The number of nitrogens with one attached hydrogen (secondary N) is 1. The van der Waals surface area contributed by atoms with Gasteiger partial charge in [-0.1, -0.05) is 84.9 Å². The van der Waals surface area contributed by atoms with Gasteiger partial charge in [-0.25, -0.2) is 4.79 Å². The molecule has 1 atom stereocenters. The molecule has 34 heavy (non-hydrogen) atoms. The molecule has 3 rings (SSSR count). The fraction of sp³-hybridized carbons (Fsp3) is 0.286. The highest BCUT2D eigenvalue weighted by Gasteiger charge is 2.14. The third-order valence-electron chi connectivity index (χ3n) is 5.42. The molecule has 0 radical (unpaired) electrons. The number of hydrogen-bond acceptors (Lipinski definition) is 4. The minimum absolute atomic E-state index is 0.206. The largest absolute Gasteiger partial charge is 0.445 e. The van der Waals surface area contributed by atoms with Crippen molar-refractivity contribution in [2.75, 3.05) is 6.54 Å². The summed E-state index contributed by atoms with van der Waals surface area (Å²) in [7, 11) is 0. The van der Waals surface area contributed by atoms with Crippen molar-refractivity contribution >= 4 is 12.0 Å². The molecule has 3 aromatic rings. The molecule has 0 aromatic heterocycles. The first-order valence-corrected chi connectivity index (χ1v) is 11.6. The molecule has 0 bridgehead atoms. The maximum Gasteiger partial charge on any atom is 0.407 e. The van der Waals surface area contributed by atoms with Gasteiger partial charge in [0.2, 0.25) is 5.91 Å². The zero-order valence-corrected chi connectivity index (χ0v) is 19.3. The topological polar surface area (TPSA) is 90.7 Å². The number of aryl methyl sites for hydroxylation is 1. The van der Waals surface area contributed by atoms with Gasteiger partial charge < -0.3 is 20.5 Å². The summed E-state index contributed by atoms with van der Waals surface area (Å²) in [5, 5.41) is 2.79. The van der Waals surface area contributed by atoms with Crippen LogP contribution >= 0.6 is 0 Å². The van der Waals surface area contributed by atoms with Gasteiger partial charge in [0.15, 0.2) is 0 Å². The van der Waals surface area contributed by atoms with Gasteiger partial charge in [-0.2, -0.15) is 0 Å². The third-order valence-corrected chi connectivity index (χ3v) is 5.42. The second kappa shape index (κ2) is 13.8. The second-order valence-corrected chi connectivity index (χ2v) is 8.12. The number of carbonyl (C=O) groups is 2. The Labute approximate surface area is 201 Å². The smallest absolute Gasteiger partial charge is 0.407 e. The third kappa shape index (κ3) is 9.08. The number of benzene rings is 3. The Balaban J connectivity index is 1.42. The normalized spacial score (nSPS) is 11.5. The number of nitrogens with two attached hydrogens (primary N) is 1. The molecule has 2 amide bonds. The van der Waals surface area contributed by atoms with E-state index in [2.05, 4.69) is 17.4 Å². The van der Waals surface area contributed by atoms with E-state index in [1.54, 1.807) is 0 Å². The Hall–Kier alpha value is -3.64. The van der Waals surface area contributed by atoms with E-state index in [9.17, 15) is 9.59 Å². The first kappa shape index (κ1) is 25.0. The number of primary amides is 1. The van der Waals surface area contributed by atoms with Gasteiger partial charge in [-0.15, -0.1) is 0 Å². The van der Waals surface area contributed by atoms with Crippen molar-refractivity contribution in [1.82, 2.24) is 5.32 Å². The molecular weight excluding hydrogens is 428 g/mol. The Morgan fingerprint density at radius 2 is 1.41 bits per heavy atom. The average molecular weight is 461 g/mol. The van der Waals surface area contributed by atoms with Gasteiger partial charge in [-0.3, -0.25) is 4.79 Å². The van der Waals surface area contributed by atoms with Crippen LogP contribution in [0.25, 0.3) is 0 Å². The Kier molecular flexibility index (Phi) is 10.1. The van der Waals surface area contributed by atoms with Gasteiger partial charge in [-0.05, 0) is 41.5 Å². The van der Waals surface area contributed by atoms with Crippen LogP contribution in [0.2, 0.25) is 0 Å². The van der Waals surface area contributed by atoms with Crippen LogP contribution in [0.1, 0.15) is 47.6 Å². The molecule has 178 valence electrons. The molecule has 0 saturated heterocycles. The number of hydrogen-bond donors (Lipinski definition) is 2. The maximum absolute atomic E-state index is 11.8. The summed E-state index contributed by atoms with van der Waals surface area (Å²) >= 11 is 0. The molecule has 6 nitrogen and oxygen atoms in total. The lowest BCUT2D eigenvalue weighted by Crippen LogP contribution is -2.25. The van der Waals surface area contributed by atoms with Gasteiger partial charge >= 0.3 is 6.09 Å². The number of carbonyl (C=O) groups excluding carboxylic acids is 2. The molecule has 6 heteroatoms. The lowest BCUT2D eigenvalue weighted by molar-refractivity contribution is -0.118. The molecule has 0 fully saturated rings. The van der Waals surface area contributed by atoms with E-state index in [1.807, 2.05) is 72.8 Å². The van der Waals surface area contributed by atoms with Crippen LogP contribution in [0, 0.1) is 0 Å². The first-order chi connectivity index (χ1) is 16.6. The highest BCUT2D eigenvalue weighted by Crippen LogP contribution is 2.25. The minimum Gasteiger partial charge on any atom is -0.445 e. The molecule has 3 aromatic carbocycles. The van der Waals surface area contributed by atoms with E-state index in [0.717, 1.165) is 29.5 Å². The molecule has 0 aliphatic carbocycles. The van der Waals surface area contributed by atoms with Crippen molar-refractivity contribution in [3.8, 4) is 0 Å². The van der Waals surface area contributed by atoms with Crippen LogP contribution in [0.5, 0.6) is 0 Å². The Morgan fingerprint density at radius 1 is 0.794 bits per heavy atom. The summed E-state index contributed by atoms with van der Waals surface area (Å²) < 4.78 is 11.3. The standard InChI is InChI=1S/C28H32N2O4/c29-27(31)18-17-26(33-20-23-8-3-1-4-9-23)25-15-13-22(14-16-25)12-7-19-30-28(32)34-21-24-10-5-2-6-11-24/h1-6,8-11,13-16,26H,7,12,17-21H2,(H2,29,31)(H,30,32). The summed E-state index contributed by atoms with van der Waals surface area (Å²) in [4.78, 5) is 23.1. The van der Waals surface area contributed by atoms with Crippen LogP contribution in [0.15, 0.2) is 84.9 Å². The zero-order valence-electron chi connectivity index (χ0n) is 19.3. The quantitative estimate of drug-likeness (QED) is 0.349. The molecule has 0 aliphatic rings. The number of alkyl carbamates (subject to hydrolysis) is 1. The van der Waals surface area contributed by atoms with E-state index in [1.165, 1.54) is 5.56 Å². The van der Waals surface area contributed by atoms with E-state index < -0.39 is 6.09 Å². The molecule has 0 aliphatic heterocycles. The highest BCUT2D eigenvalue weighted by molar-refractivity contribution is 5.73. The molecule has 0 spiro atoms. The van der Waals surface area contributed by atoms with Crippen molar-refractivity contribution in [3.63, 3.8) is 0 Å². The number of ether oxygens (including phenoxy) is 2. The fourth-order valence-corrected chi connectivity index (χ4v) is 3.55. The second-order valence-electron chi connectivity index (χ2n) is 8.12. The number of amides is 2. The van der Waals surface area contributed by atoms with Crippen LogP contribution in [0.3, 0.4) is 0 Å². The van der Waals surface area contributed by atoms with Crippen LogP contribution < -0.4 is 11.1 Å². The summed E-state index contributed by atoms with van der Waals surface area (Å²) in [5.41, 5.74) is 9.58. The molecular formula is C28H32N2O4. The Morgan fingerprint density at radius 3 is 2.03 bits per heavy atom. The molecule has 0 heterocycles. The van der Waals surface area contributed by atoms with Crippen LogP contribution in [-0.4, -0.2) is 18.5 Å². The summed E-state index contributed by atoms with van der Waals surface area (Å²) in [6.07, 6.45) is 1.82. The first-order valence-electron chi connectivity index (χ1n) is 11.6. The maximum atomic E-state index is 11.8. The van der Waals surface area contributed by atoms with Gasteiger partial charge in [0, 0.05) is 13.0 Å². The summed E-state index contributed by atoms with van der Waals surface area (Å²) in [6, 6.07) is 27.7. The molecule has 1 unspecified atom stereocenters. The van der Waals surface area contributed by atoms with E-state index in [0.29, 0.717) is 19.6 Å². The average Bonchev–Trinajstić information content (AvgIpc) is 2.87. The predicted molar refractivity (Wildman–Crippen MR) is 132 cm³/mol. The lowest BCUT2D eigenvalue weighted by Gasteiger charge is -2.18. The summed E-state index contributed by atoms with van der Waals surface area (Å²) in [6.45, 7) is 1.27. The lowest BCUT2D eigenvalue weighted by atomic mass is 10.0. The van der Waals surface area contributed by atoms with Gasteiger partial charge in [0.1, 0.15) is 6.61 Å². The van der Waals surface area contributed by atoms with Gasteiger partial charge in [0.05, 0.1) is 12.7 Å². The van der Waals surface area contributed by atoms with E-state index in [-0.39, 0.29) is 25.0 Å². The zero-order chi connectivity index (χ0) is 24.0. The predicted octanol–water partition coefficient (Wildman–Crippen LogP) is 5.07. The molecule has 0 saturated carbocycles.